The van der Waals surface area contributed by atoms with Crippen molar-refractivity contribution in [2.45, 2.75) is 32.3 Å². The summed E-state index contributed by atoms with van der Waals surface area (Å²) in [6.45, 7) is -2.99. The minimum atomic E-state index is -2.99. The molecule has 2 N–H and O–H groups in total. The molecule has 1 fully saturated rings. The zero-order chi connectivity index (χ0) is 16.3. The van der Waals surface area contributed by atoms with Crippen LogP contribution in [0.15, 0.2) is 18.2 Å². The first-order chi connectivity index (χ1) is 10.3. The number of hydrogen-bond acceptors (Lipinski definition) is 3. The molecule has 1 amide bonds. The standard InChI is InChI=1S/C14H14ClF2NO4/c15-9-6-8(2-3-10(9)22-13(16)17)18-11(19)7-14(12(20)21)4-1-5-14/h2-3,6,13H,1,4-5,7H2,(H,18,19)(H,20,21). The molecule has 0 atom stereocenters. The lowest BCUT2D eigenvalue weighted by Crippen LogP contribution is -2.41. The number of carbonyl (C=O) groups excluding carboxylic acids is 1. The lowest BCUT2D eigenvalue weighted by Gasteiger charge is -2.36. The predicted octanol–water partition coefficient (Wildman–Crippen LogP) is 3.52. The van der Waals surface area contributed by atoms with Crippen molar-refractivity contribution in [3.63, 3.8) is 0 Å². The third-order valence-corrected chi connectivity index (χ3v) is 3.99. The van der Waals surface area contributed by atoms with Crippen molar-refractivity contribution in [1.29, 1.82) is 0 Å². The second-order valence-electron chi connectivity index (χ2n) is 5.19. The third-order valence-electron chi connectivity index (χ3n) is 3.69. The van der Waals surface area contributed by atoms with Gasteiger partial charge in [0.05, 0.1) is 10.4 Å². The van der Waals surface area contributed by atoms with Crippen LogP contribution in [0.2, 0.25) is 5.02 Å². The molecule has 0 aliphatic heterocycles. The lowest BCUT2D eigenvalue weighted by molar-refractivity contribution is -0.157. The van der Waals surface area contributed by atoms with Crippen molar-refractivity contribution in [2.75, 3.05) is 5.32 Å². The molecule has 8 heteroatoms. The van der Waals surface area contributed by atoms with Crippen LogP contribution in [-0.4, -0.2) is 23.6 Å². The first kappa shape index (κ1) is 16.5. The molecular formula is C14H14ClF2NO4. The first-order valence-corrected chi connectivity index (χ1v) is 6.98. The average molecular weight is 334 g/mol. The van der Waals surface area contributed by atoms with Crippen LogP contribution in [0.3, 0.4) is 0 Å². The number of ether oxygens (including phenoxy) is 1. The molecule has 0 bridgehead atoms. The summed E-state index contributed by atoms with van der Waals surface area (Å²) in [4.78, 5) is 23.1. The Labute approximate surface area is 130 Å². The van der Waals surface area contributed by atoms with Crippen molar-refractivity contribution in [3.8, 4) is 5.75 Å². The maximum atomic E-state index is 12.1. The van der Waals surface area contributed by atoms with Gasteiger partial charge in [0.1, 0.15) is 5.75 Å². The molecular weight excluding hydrogens is 320 g/mol. The largest absolute Gasteiger partial charge is 0.481 e. The summed E-state index contributed by atoms with van der Waals surface area (Å²) in [5.41, 5.74) is -0.705. The number of anilines is 1. The number of carboxylic acids is 1. The van der Waals surface area contributed by atoms with Gasteiger partial charge in [-0.15, -0.1) is 0 Å². The van der Waals surface area contributed by atoms with Gasteiger partial charge in [0, 0.05) is 12.1 Å². The molecule has 22 heavy (non-hydrogen) atoms. The van der Waals surface area contributed by atoms with Gasteiger partial charge in [-0.25, -0.2) is 0 Å². The second-order valence-corrected chi connectivity index (χ2v) is 5.59. The first-order valence-electron chi connectivity index (χ1n) is 6.60. The number of halogens is 3. The van der Waals surface area contributed by atoms with Crippen LogP contribution in [-0.2, 0) is 9.59 Å². The highest BCUT2D eigenvalue weighted by atomic mass is 35.5. The number of aliphatic carboxylic acids is 1. The molecule has 1 aliphatic carbocycles. The molecule has 0 unspecified atom stereocenters. The summed E-state index contributed by atoms with van der Waals surface area (Å²) in [6, 6.07) is 3.83. The quantitative estimate of drug-likeness (QED) is 0.835. The fourth-order valence-corrected chi connectivity index (χ4v) is 2.58. The molecule has 2 rings (SSSR count). The molecule has 1 saturated carbocycles. The Bertz CT molecular complexity index is 590. The Morgan fingerprint density at radius 1 is 1.41 bits per heavy atom. The Balaban J connectivity index is 2.00. The zero-order valence-corrected chi connectivity index (χ0v) is 12.2. The summed E-state index contributed by atoms with van der Waals surface area (Å²) in [5.74, 6) is -1.64. The van der Waals surface area contributed by atoms with Crippen LogP contribution >= 0.6 is 11.6 Å². The molecule has 120 valence electrons. The van der Waals surface area contributed by atoms with E-state index in [4.69, 9.17) is 11.6 Å². The van der Waals surface area contributed by atoms with Gasteiger partial charge in [-0.1, -0.05) is 18.0 Å². The van der Waals surface area contributed by atoms with Gasteiger partial charge in [-0.05, 0) is 31.0 Å². The van der Waals surface area contributed by atoms with Crippen LogP contribution in [0.5, 0.6) is 5.75 Å². The predicted molar refractivity (Wildman–Crippen MR) is 75.3 cm³/mol. The van der Waals surface area contributed by atoms with Gasteiger partial charge in [0.2, 0.25) is 5.91 Å². The molecule has 1 aromatic rings. The summed E-state index contributed by atoms with van der Waals surface area (Å²) in [6.07, 6.45) is 1.59. The van der Waals surface area contributed by atoms with Gasteiger partial charge < -0.3 is 15.2 Å². The topological polar surface area (TPSA) is 75.6 Å². The van der Waals surface area contributed by atoms with Crippen LogP contribution in [0, 0.1) is 5.41 Å². The van der Waals surface area contributed by atoms with E-state index in [1.807, 2.05) is 0 Å². The zero-order valence-electron chi connectivity index (χ0n) is 11.4. The van der Waals surface area contributed by atoms with Crippen molar-refractivity contribution in [3.05, 3.63) is 23.2 Å². The van der Waals surface area contributed by atoms with E-state index < -0.39 is 23.9 Å². The number of benzene rings is 1. The van der Waals surface area contributed by atoms with Crippen LogP contribution in [0.4, 0.5) is 14.5 Å². The van der Waals surface area contributed by atoms with E-state index in [0.717, 1.165) is 6.42 Å². The summed E-state index contributed by atoms with van der Waals surface area (Å²) >= 11 is 5.78. The monoisotopic (exact) mass is 333 g/mol. The molecule has 0 aromatic heterocycles. The number of alkyl halides is 2. The van der Waals surface area contributed by atoms with E-state index in [9.17, 15) is 23.5 Å². The summed E-state index contributed by atoms with van der Waals surface area (Å²) < 4.78 is 28.4. The Morgan fingerprint density at radius 2 is 2.09 bits per heavy atom. The van der Waals surface area contributed by atoms with Crippen LogP contribution in [0.25, 0.3) is 0 Å². The number of hydrogen-bond donors (Lipinski definition) is 2. The Morgan fingerprint density at radius 3 is 2.55 bits per heavy atom. The van der Waals surface area contributed by atoms with Crippen LogP contribution < -0.4 is 10.1 Å². The molecule has 0 spiro atoms. The number of amides is 1. The van der Waals surface area contributed by atoms with E-state index in [1.54, 1.807) is 0 Å². The van der Waals surface area contributed by atoms with Crippen LogP contribution in [0.1, 0.15) is 25.7 Å². The number of carboxylic acid groups (broad SMARTS) is 1. The van der Waals surface area contributed by atoms with E-state index in [2.05, 4.69) is 10.1 Å². The Hall–Kier alpha value is -1.89. The molecule has 1 aliphatic rings. The van der Waals surface area contributed by atoms with Crippen molar-refractivity contribution in [2.24, 2.45) is 5.41 Å². The normalized spacial score (nSPS) is 16.0. The highest BCUT2D eigenvalue weighted by molar-refractivity contribution is 6.32. The van der Waals surface area contributed by atoms with E-state index >= 15 is 0 Å². The molecule has 0 saturated heterocycles. The molecule has 0 heterocycles. The van der Waals surface area contributed by atoms with Gasteiger partial charge in [-0.3, -0.25) is 9.59 Å². The Kier molecular flexibility index (Phi) is 4.85. The minimum absolute atomic E-state index is 0.0744. The fraction of sp³-hybridized carbons (Fsp3) is 0.429. The maximum absolute atomic E-state index is 12.1. The third kappa shape index (κ3) is 3.65. The van der Waals surface area contributed by atoms with E-state index in [1.165, 1.54) is 18.2 Å². The SMILES string of the molecule is O=C(CC1(C(=O)O)CCC1)Nc1ccc(OC(F)F)c(Cl)c1. The molecule has 0 radical (unpaired) electrons. The number of carbonyl (C=O) groups is 2. The second kappa shape index (κ2) is 6.48. The van der Waals surface area contributed by atoms with Gasteiger partial charge in [0.25, 0.3) is 0 Å². The van der Waals surface area contributed by atoms with Gasteiger partial charge in [0.15, 0.2) is 0 Å². The number of rotatable bonds is 6. The van der Waals surface area contributed by atoms with E-state index in [0.29, 0.717) is 12.8 Å². The fourth-order valence-electron chi connectivity index (χ4n) is 2.35. The highest BCUT2D eigenvalue weighted by Crippen LogP contribution is 2.44. The van der Waals surface area contributed by atoms with Gasteiger partial charge in [-0.2, -0.15) is 8.78 Å². The average Bonchev–Trinajstić information content (AvgIpc) is 2.36. The molecule has 1 aromatic carbocycles. The molecule has 5 nitrogen and oxygen atoms in total. The van der Waals surface area contributed by atoms with E-state index in [-0.39, 0.29) is 22.9 Å². The van der Waals surface area contributed by atoms with Crippen molar-refractivity contribution < 1.29 is 28.2 Å². The highest BCUT2D eigenvalue weighted by Gasteiger charge is 2.45. The van der Waals surface area contributed by atoms with Crippen molar-refractivity contribution >= 4 is 29.2 Å². The lowest BCUT2D eigenvalue weighted by atomic mass is 9.66. The van der Waals surface area contributed by atoms with Gasteiger partial charge >= 0.3 is 12.6 Å². The summed E-state index contributed by atoms with van der Waals surface area (Å²) in [7, 11) is 0. The number of nitrogens with one attached hydrogen (secondary N) is 1. The van der Waals surface area contributed by atoms with Crippen molar-refractivity contribution in [1.82, 2.24) is 0 Å². The maximum Gasteiger partial charge on any atom is 0.387 e. The smallest absolute Gasteiger partial charge is 0.387 e. The summed E-state index contributed by atoms with van der Waals surface area (Å²) in [5, 5.41) is 11.6. The minimum Gasteiger partial charge on any atom is -0.481 e.